The first-order valence-electron chi connectivity index (χ1n) is 6.00. The number of pyridine rings is 1. The normalized spacial score (nSPS) is 10.8. The molecule has 0 bridgehead atoms. The molecule has 0 fully saturated rings. The van der Waals surface area contributed by atoms with E-state index >= 15 is 0 Å². The summed E-state index contributed by atoms with van der Waals surface area (Å²) in [6, 6.07) is 13.8. The molecule has 0 spiro atoms. The lowest BCUT2D eigenvalue weighted by Crippen LogP contribution is -2.19. The Morgan fingerprint density at radius 2 is 1.90 bits per heavy atom. The van der Waals surface area contributed by atoms with Gasteiger partial charge in [-0.25, -0.2) is 8.42 Å². The van der Waals surface area contributed by atoms with Crippen molar-refractivity contribution in [2.45, 2.75) is 6.42 Å². The molecule has 6 heteroatoms. The van der Waals surface area contributed by atoms with Crippen molar-refractivity contribution in [3.8, 4) is 6.07 Å². The molecule has 0 unspecified atom stereocenters. The molecule has 2 aromatic rings. The van der Waals surface area contributed by atoms with Gasteiger partial charge in [-0.15, -0.1) is 0 Å². The van der Waals surface area contributed by atoms with Crippen molar-refractivity contribution in [3.05, 3.63) is 59.9 Å². The molecule has 5 nitrogen and oxygen atoms in total. The van der Waals surface area contributed by atoms with Crippen molar-refractivity contribution < 1.29 is 8.42 Å². The van der Waals surface area contributed by atoms with Crippen LogP contribution in [-0.2, 0) is 16.4 Å². The average Bonchev–Trinajstić information content (AvgIpc) is 2.47. The van der Waals surface area contributed by atoms with Gasteiger partial charge in [-0.1, -0.05) is 18.2 Å². The fourth-order valence-corrected chi connectivity index (χ4v) is 2.77. The number of hydrogen-bond acceptors (Lipinski definition) is 4. The molecular weight excluding hydrogens is 274 g/mol. The summed E-state index contributed by atoms with van der Waals surface area (Å²) in [7, 11) is -3.51. The quantitative estimate of drug-likeness (QED) is 0.911. The number of anilines is 1. The maximum atomic E-state index is 12.0. The van der Waals surface area contributed by atoms with Crippen molar-refractivity contribution in [3.63, 3.8) is 0 Å². The number of benzene rings is 1. The van der Waals surface area contributed by atoms with Gasteiger partial charge in [0.25, 0.3) is 0 Å². The van der Waals surface area contributed by atoms with Crippen LogP contribution in [0.1, 0.15) is 11.3 Å². The molecule has 1 aromatic carbocycles. The van der Waals surface area contributed by atoms with Crippen LogP contribution in [0.25, 0.3) is 0 Å². The minimum absolute atomic E-state index is 0.0796. The highest BCUT2D eigenvalue weighted by atomic mass is 32.2. The average molecular weight is 287 g/mol. The van der Waals surface area contributed by atoms with Gasteiger partial charge in [-0.2, -0.15) is 5.26 Å². The molecule has 0 radical (unpaired) electrons. The van der Waals surface area contributed by atoms with E-state index in [-0.39, 0.29) is 5.75 Å². The highest BCUT2D eigenvalue weighted by molar-refractivity contribution is 7.92. The minimum atomic E-state index is -3.51. The SMILES string of the molecule is N#Cc1ccccc1NS(=O)(=O)CCc1ccccn1. The largest absolute Gasteiger partial charge is 0.282 e. The summed E-state index contributed by atoms with van der Waals surface area (Å²) in [5.41, 5.74) is 1.32. The number of rotatable bonds is 5. The van der Waals surface area contributed by atoms with Crippen molar-refractivity contribution in [2.75, 3.05) is 10.5 Å². The van der Waals surface area contributed by atoms with E-state index < -0.39 is 10.0 Å². The van der Waals surface area contributed by atoms with E-state index in [0.717, 1.165) is 0 Å². The zero-order valence-corrected chi connectivity index (χ0v) is 11.5. The molecule has 0 aliphatic rings. The van der Waals surface area contributed by atoms with Crippen molar-refractivity contribution in [1.82, 2.24) is 4.98 Å². The van der Waals surface area contributed by atoms with Crippen molar-refractivity contribution >= 4 is 15.7 Å². The van der Waals surface area contributed by atoms with Crippen molar-refractivity contribution in [1.29, 1.82) is 5.26 Å². The Bertz CT molecular complexity index is 722. The van der Waals surface area contributed by atoms with Gasteiger partial charge in [-0.3, -0.25) is 9.71 Å². The summed E-state index contributed by atoms with van der Waals surface area (Å²) in [5, 5.41) is 8.93. The van der Waals surface area contributed by atoms with Gasteiger partial charge in [0, 0.05) is 18.3 Å². The maximum absolute atomic E-state index is 12.0. The van der Waals surface area contributed by atoms with Crippen LogP contribution < -0.4 is 4.72 Å². The lowest BCUT2D eigenvalue weighted by atomic mass is 10.2. The molecule has 2 rings (SSSR count). The van der Waals surface area contributed by atoms with Gasteiger partial charge in [0.05, 0.1) is 17.0 Å². The summed E-state index contributed by atoms with van der Waals surface area (Å²) in [6.07, 6.45) is 1.95. The second-order valence-corrected chi connectivity index (χ2v) is 5.99. The second-order valence-electron chi connectivity index (χ2n) is 4.15. The molecule has 1 N–H and O–H groups in total. The van der Waals surface area contributed by atoms with E-state index in [4.69, 9.17) is 5.26 Å². The monoisotopic (exact) mass is 287 g/mol. The predicted molar refractivity (Wildman–Crippen MR) is 76.5 cm³/mol. The fraction of sp³-hybridized carbons (Fsp3) is 0.143. The number of sulfonamides is 1. The van der Waals surface area contributed by atoms with E-state index in [1.54, 1.807) is 42.6 Å². The lowest BCUT2D eigenvalue weighted by Gasteiger charge is -2.08. The molecule has 1 heterocycles. The zero-order chi connectivity index (χ0) is 14.4. The van der Waals surface area contributed by atoms with Crippen LogP contribution >= 0.6 is 0 Å². The molecule has 0 aliphatic heterocycles. The summed E-state index contributed by atoms with van der Waals surface area (Å²) >= 11 is 0. The maximum Gasteiger partial charge on any atom is 0.233 e. The number of aryl methyl sites for hydroxylation is 1. The van der Waals surface area contributed by atoms with Gasteiger partial charge in [-0.05, 0) is 24.3 Å². The Hall–Kier alpha value is -2.39. The number of aromatic nitrogens is 1. The number of nitrogens with zero attached hydrogens (tertiary/aromatic N) is 2. The van der Waals surface area contributed by atoms with E-state index in [1.807, 2.05) is 12.1 Å². The van der Waals surface area contributed by atoms with Crippen LogP contribution in [0.5, 0.6) is 0 Å². The topological polar surface area (TPSA) is 82.9 Å². The van der Waals surface area contributed by atoms with Crippen LogP contribution in [0.3, 0.4) is 0 Å². The van der Waals surface area contributed by atoms with Gasteiger partial charge in [0.2, 0.25) is 10.0 Å². The van der Waals surface area contributed by atoms with Crippen LogP contribution in [-0.4, -0.2) is 19.2 Å². The number of nitrogens with one attached hydrogen (secondary N) is 1. The Kier molecular flexibility index (Phi) is 4.33. The molecule has 0 amide bonds. The first-order chi connectivity index (χ1) is 9.61. The van der Waals surface area contributed by atoms with Gasteiger partial charge in [0.1, 0.15) is 6.07 Å². The molecular formula is C14H13N3O2S. The van der Waals surface area contributed by atoms with Gasteiger partial charge >= 0.3 is 0 Å². The summed E-state index contributed by atoms with van der Waals surface area (Å²) in [5.74, 6) is -0.0796. The number of nitriles is 1. The molecule has 20 heavy (non-hydrogen) atoms. The minimum Gasteiger partial charge on any atom is -0.282 e. The fourth-order valence-electron chi connectivity index (χ4n) is 1.67. The van der Waals surface area contributed by atoms with Crippen LogP contribution in [0, 0.1) is 11.3 Å². The van der Waals surface area contributed by atoms with Gasteiger partial charge < -0.3 is 0 Å². The van der Waals surface area contributed by atoms with E-state index in [0.29, 0.717) is 23.4 Å². The number of para-hydroxylation sites is 1. The molecule has 1 aromatic heterocycles. The third-order valence-electron chi connectivity index (χ3n) is 2.67. The van der Waals surface area contributed by atoms with Gasteiger partial charge in [0.15, 0.2) is 0 Å². The van der Waals surface area contributed by atoms with E-state index in [1.165, 1.54) is 0 Å². The molecule has 0 atom stereocenters. The third kappa shape index (κ3) is 3.80. The number of hydrogen-bond donors (Lipinski definition) is 1. The van der Waals surface area contributed by atoms with E-state index in [9.17, 15) is 8.42 Å². The highest BCUT2D eigenvalue weighted by Crippen LogP contribution is 2.15. The standard InChI is InChI=1S/C14H13N3O2S/c15-11-12-5-1-2-7-14(12)17-20(18,19)10-8-13-6-3-4-9-16-13/h1-7,9,17H,8,10H2. The first kappa shape index (κ1) is 14.0. The lowest BCUT2D eigenvalue weighted by molar-refractivity contribution is 0.600. The van der Waals surface area contributed by atoms with Crippen LogP contribution in [0.15, 0.2) is 48.7 Å². The van der Waals surface area contributed by atoms with E-state index in [2.05, 4.69) is 9.71 Å². The summed E-state index contributed by atoms with van der Waals surface area (Å²) in [4.78, 5) is 4.08. The second kappa shape index (κ2) is 6.17. The Morgan fingerprint density at radius 3 is 2.60 bits per heavy atom. The molecule has 0 saturated heterocycles. The van der Waals surface area contributed by atoms with Crippen molar-refractivity contribution in [2.24, 2.45) is 0 Å². The Balaban J connectivity index is 2.06. The predicted octanol–water partition coefficient (Wildman–Crippen LogP) is 1.94. The third-order valence-corrected chi connectivity index (χ3v) is 3.94. The highest BCUT2D eigenvalue weighted by Gasteiger charge is 2.13. The Labute approximate surface area is 118 Å². The zero-order valence-electron chi connectivity index (χ0n) is 10.7. The first-order valence-corrected chi connectivity index (χ1v) is 7.65. The molecule has 102 valence electrons. The van der Waals surface area contributed by atoms with Crippen LogP contribution in [0.4, 0.5) is 5.69 Å². The Morgan fingerprint density at radius 1 is 1.15 bits per heavy atom. The van der Waals surface area contributed by atoms with Crippen LogP contribution in [0.2, 0.25) is 0 Å². The molecule has 0 aliphatic carbocycles. The summed E-state index contributed by atoms with van der Waals surface area (Å²) < 4.78 is 26.4. The molecule has 0 saturated carbocycles. The summed E-state index contributed by atoms with van der Waals surface area (Å²) in [6.45, 7) is 0. The smallest absolute Gasteiger partial charge is 0.233 e.